The van der Waals surface area contributed by atoms with E-state index in [1.807, 2.05) is 19.1 Å². The summed E-state index contributed by atoms with van der Waals surface area (Å²) < 4.78 is 5.70. The molecule has 0 aromatic heterocycles. The minimum atomic E-state index is -0.815. The van der Waals surface area contributed by atoms with E-state index < -0.39 is 17.6 Å². The largest absolute Gasteiger partial charge is 0.480 e. The van der Waals surface area contributed by atoms with E-state index in [2.05, 4.69) is 19.2 Å². The molecule has 5 heteroatoms. The number of nitrogens with two attached hydrogens (primary N) is 1. The Morgan fingerprint density at radius 1 is 1.55 bits per heavy atom. The lowest BCUT2D eigenvalue weighted by Gasteiger charge is -2.40. The number of nitrogens with one attached hydrogen (secondary N) is 1. The van der Waals surface area contributed by atoms with E-state index in [0.717, 1.165) is 12.8 Å². The van der Waals surface area contributed by atoms with Crippen LogP contribution in [0.1, 0.15) is 40.0 Å². The molecule has 0 bridgehead atoms. The van der Waals surface area contributed by atoms with Crippen LogP contribution in [0.5, 0.6) is 0 Å². The topological polar surface area (TPSA) is 84.6 Å². The molecule has 1 aliphatic rings. The lowest BCUT2D eigenvalue weighted by atomic mass is 9.80. The Kier molecular flexibility index (Phi) is 6.17. The number of carboxylic acid groups (broad SMARTS) is 1. The number of allylic oxidation sites excluding steroid dienone is 1. The number of hydrogen-bond donors (Lipinski definition) is 3. The smallest absolute Gasteiger partial charge is 0.320 e. The van der Waals surface area contributed by atoms with Gasteiger partial charge in [-0.15, -0.1) is 0 Å². The van der Waals surface area contributed by atoms with Crippen LogP contribution in [0, 0.1) is 5.92 Å². The fourth-order valence-corrected chi connectivity index (χ4v) is 3.30. The molecule has 0 unspecified atom stereocenters. The fraction of sp³-hybridized carbons (Fsp3) is 0.800. The number of carbonyl (C=O) groups is 1. The molecule has 0 radical (unpaired) electrons. The highest BCUT2D eigenvalue weighted by atomic mass is 16.5. The van der Waals surface area contributed by atoms with Gasteiger partial charge in [0.1, 0.15) is 6.04 Å². The summed E-state index contributed by atoms with van der Waals surface area (Å²) in [4.78, 5) is 11.2. The van der Waals surface area contributed by atoms with Gasteiger partial charge in [-0.3, -0.25) is 10.1 Å². The van der Waals surface area contributed by atoms with Crippen LogP contribution < -0.4 is 11.1 Å². The van der Waals surface area contributed by atoms with Crippen molar-refractivity contribution in [3.8, 4) is 0 Å². The standard InChI is InChI=1S/C15H28N2O3/c1-5-8-10-9-11(14(18)19)17-12(10)13(16)15(6-2,7-3)20-4/h5,8,10-13,17H,6-7,9,16H2,1-4H3,(H,18,19)/b8-5-/t10-,11-,12-,13-/m1/s1. The van der Waals surface area contributed by atoms with Crippen LogP contribution in [0.15, 0.2) is 12.2 Å². The first-order chi connectivity index (χ1) is 9.45. The predicted molar refractivity (Wildman–Crippen MR) is 79.6 cm³/mol. The van der Waals surface area contributed by atoms with Crippen LogP contribution in [-0.4, -0.2) is 41.9 Å². The average molecular weight is 284 g/mol. The van der Waals surface area contributed by atoms with E-state index in [-0.39, 0.29) is 18.0 Å². The Morgan fingerprint density at radius 2 is 2.15 bits per heavy atom. The monoisotopic (exact) mass is 284 g/mol. The zero-order valence-corrected chi connectivity index (χ0v) is 12.9. The Labute approximate surface area is 121 Å². The summed E-state index contributed by atoms with van der Waals surface area (Å²) >= 11 is 0. The van der Waals surface area contributed by atoms with Crippen molar-refractivity contribution in [1.82, 2.24) is 5.32 Å². The molecule has 1 fully saturated rings. The van der Waals surface area contributed by atoms with Crippen LogP contribution in [0.25, 0.3) is 0 Å². The van der Waals surface area contributed by atoms with E-state index >= 15 is 0 Å². The lowest BCUT2D eigenvalue weighted by Crippen LogP contribution is -2.60. The van der Waals surface area contributed by atoms with Crippen molar-refractivity contribution in [2.45, 2.75) is 63.8 Å². The molecule has 0 aromatic rings. The molecule has 1 saturated heterocycles. The number of methoxy groups -OCH3 is 1. The summed E-state index contributed by atoms with van der Waals surface area (Å²) in [5, 5.41) is 12.4. The number of hydrogen-bond acceptors (Lipinski definition) is 4. The highest BCUT2D eigenvalue weighted by molar-refractivity contribution is 5.74. The molecular weight excluding hydrogens is 256 g/mol. The van der Waals surface area contributed by atoms with Crippen molar-refractivity contribution in [2.75, 3.05) is 7.11 Å². The van der Waals surface area contributed by atoms with Gasteiger partial charge < -0.3 is 15.6 Å². The van der Waals surface area contributed by atoms with Crippen LogP contribution in [0.3, 0.4) is 0 Å². The van der Waals surface area contributed by atoms with Crippen molar-refractivity contribution in [1.29, 1.82) is 0 Å². The zero-order chi connectivity index (χ0) is 15.3. The Hall–Kier alpha value is -0.910. The van der Waals surface area contributed by atoms with Crippen LogP contribution in [0.2, 0.25) is 0 Å². The third-order valence-corrected chi connectivity index (χ3v) is 4.70. The molecule has 4 atom stereocenters. The summed E-state index contributed by atoms with van der Waals surface area (Å²) in [6.45, 7) is 6.06. The molecule has 1 rings (SSSR count). The van der Waals surface area contributed by atoms with Gasteiger partial charge in [-0.25, -0.2) is 0 Å². The molecule has 0 spiro atoms. The maximum absolute atomic E-state index is 11.2. The third-order valence-electron chi connectivity index (χ3n) is 4.70. The quantitative estimate of drug-likeness (QED) is 0.617. The molecule has 5 nitrogen and oxygen atoms in total. The molecule has 0 aliphatic carbocycles. The first-order valence-corrected chi connectivity index (χ1v) is 7.38. The van der Waals surface area contributed by atoms with Gasteiger partial charge in [0.05, 0.1) is 5.60 Å². The number of carboxylic acids is 1. The first-order valence-electron chi connectivity index (χ1n) is 7.38. The van der Waals surface area contributed by atoms with E-state index in [4.69, 9.17) is 10.5 Å². The summed E-state index contributed by atoms with van der Waals surface area (Å²) in [5.74, 6) is -0.686. The normalized spacial score (nSPS) is 28.9. The molecule has 0 saturated carbocycles. The van der Waals surface area contributed by atoms with Crippen molar-refractivity contribution >= 4 is 5.97 Å². The van der Waals surface area contributed by atoms with Crippen LogP contribution in [0.4, 0.5) is 0 Å². The Bertz CT molecular complexity index is 345. The van der Waals surface area contributed by atoms with E-state index in [1.54, 1.807) is 7.11 Å². The Morgan fingerprint density at radius 3 is 2.55 bits per heavy atom. The fourth-order valence-electron chi connectivity index (χ4n) is 3.30. The minimum Gasteiger partial charge on any atom is -0.480 e. The van der Waals surface area contributed by atoms with Crippen LogP contribution in [-0.2, 0) is 9.53 Å². The van der Waals surface area contributed by atoms with Gasteiger partial charge in [-0.05, 0) is 32.1 Å². The predicted octanol–water partition coefficient (Wildman–Crippen LogP) is 1.53. The van der Waals surface area contributed by atoms with Gasteiger partial charge in [0, 0.05) is 19.2 Å². The molecule has 116 valence electrons. The summed E-state index contributed by atoms with van der Waals surface area (Å²) in [6, 6.07) is -0.851. The molecule has 0 aromatic carbocycles. The van der Waals surface area contributed by atoms with Crippen molar-refractivity contribution in [3.63, 3.8) is 0 Å². The maximum Gasteiger partial charge on any atom is 0.320 e. The maximum atomic E-state index is 11.2. The highest BCUT2D eigenvalue weighted by Crippen LogP contribution is 2.32. The van der Waals surface area contributed by atoms with Gasteiger partial charge in [0.15, 0.2) is 0 Å². The van der Waals surface area contributed by atoms with Crippen molar-refractivity contribution in [2.24, 2.45) is 11.7 Å². The average Bonchev–Trinajstić information content (AvgIpc) is 2.86. The molecule has 1 heterocycles. The Balaban J connectivity index is 2.98. The second kappa shape index (κ2) is 7.20. The molecule has 0 amide bonds. The first kappa shape index (κ1) is 17.1. The van der Waals surface area contributed by atoms with Gasteiger partial charge in [0.2, 0.25) is 0 Å². The van der Waals surface area contributed by atoms with Crippen molar-refractivity contribution < 1.29 is 14.6 Å². The van der Waals surface area contributed by atoms with E-state index in [1.165, 1.54) is 0 Å². The van der Waals surface area contributed by atoms with Gasteiger partial charge in [0.25, 0.3) is 0 Å². The lowest BCUT2D eigenvalue weighted by molar-refractivity contribution is -0.139. The highest BCUT2D eigenvalue weighted by Gasteiger charge is 2.46. The second-order valence-corrected chi connectivity index (χ2v) is 5.51. The van der Waals surface area contributed by atoms with E-state index in [9.17, 15) is 9.90 Å². The van der Waals surface area contributed by atoms with Gasteiger partial charge in [-0.2, -0.15) is 0 Å². The zero-order valence-electron chi connectivity index (χ0n) is 12.9. The number of rotatable bonds is 7. The van der Waals surface area contributed by atoms with Crippen molar-refractivity contribution in [3.05, 3.63) is 12.2 Å². The molecular formula is C15H28N2O3. The minimum absolute atomic E-state index is 0.0767. The second-order valence-electron chi connectivity index (χ2n) is 5.51. The molecule has 20 heavy (non-hydrogen) atoms. The third kappa shape index (κ3) is 3.22. The summed E-state index contributed by atoms with van der Waals surface area (Å²) in [7, 11) is 1.68. The molecule has 4 N–H and O–H groups in total. The SMILES string of the molecule is C/C=C\[C@@H]1C[C@H](C(=O)O)N[C@H]1[C@@H](N)C(CC)(CC)OC. The van der Waals surface area contributed by atoms with Gasteiger partial charge >= 0.3 is 5.97 Å². The number of aliphatic carboxylic acids is 1. The summed E-state index contributed by atoms with van der Waals surface area (Å²) in [6.07, 6.45) is 6.19. The molecule has 1 aliphatic heterocycles. The van der Waals surface area contributed by atoms with Crippen LogP contribution >= 0.6 is 0 Å². The summed E-state index contributed by atoms with van der Waals surface area (Å²) in [5.41, 5.74) is 6.05. The number of ether oxygens (including phenoxy) is 1. The van der Waals surface area contributed by atoms with Gasteiger partial charge in [-0.1, -0.05) is 26.0 Å². The van der Waals surface area contributed by atoms with E-state index in [0.29, 0.717) is 6.42 Å².